The number of ether oxygens (including phenoxy) is 2. The number of hydrogen-bond donors (Lipinski definition) is 1. The van der Waals surface area contributed by atoms with Crippen molar-refractivity contribution in [2.45, 2.75) is 0 Å². The Morgan fingerprint density at radius 1 is 1.13 bits per heavy atom. The number of benzene rings is 1. The Bertz CT molecular complexity index is 815. The Hall–Kier alpha value is -2.45. The number of nitrogens with zero attached hydrogens (tertiary/aromatic N) is 2. The highest BCUT2D eigenvalue weighted by atomic mass is 32.1. The number of hydrogen-bond acceptors (Lipinski definition) is 7. The van der Waals surface area contributed by atoms with Gasteiger partial charge in [-0.3, -0.25) is 10.1 Å². The smallest absolute Gasteiger partial charge is 0.257 e. The van der Waals surface area contributed by atoms with Crippen LogP contribution in [0, 0.1) is 0 Å². The van der Waals surface area contributed by atoms with E-state index in [9.17, 15) is 4.79 Å². The monoisotopic (exact) mass is 347 g/mol. The van der Waals surface area contributed by atoms with Crippen molar-refractivity contribution in [3.8, 4) is 21.4 Å². The highest BCUT2D eigenvalue weighted by molar-refractivity contribution is 7.23. The molecule has 0 aliphatic carbocycles. The molecule has 23 heavy (non-hydrogen) atoms. The normalized spacial score (nSPS) is 10.3. The van der Waals surface area contributed by atoms with E-state index < -0.39 is 0 Å². The van der Waals surface area contributed by atoms with Crippen LogP contribution in [-0.4, -0.2) is 30.3 Å². The van der Waals surface area contributed by atoms with Crippen molar-refractivity contribution in [3.05, 3.63) is 41.3 Å². The third-order valence-electron chi connectivity index (χ3n) is 3.02. The number of rotatable bonds is 5. The number of aromatic nitrogens is 2. The molecule has 3 aromatic rings. The lowest BCUT2D eigenvalue weighted by atomic mass is 10.2. The summed E-state index contributed by atoms with van der Waals surface area (Å²) in [5, 5.41) is 14.0. The molecule has 118 valence electrons. The number of nitrogens with one attached hydrogen (secondary N) is 1. The third-order valence-corrected chi connectivity index (χ3v) is 4.90. The lowest BCUT2D eigenvalue weighted by Crippen LogP contribution is -2.11. The summed E-state index contributed by atoms with van der Waals surface area (Å²) in [5.41, 5.74) is 0.454. The minimum Gasteiger partial charge on any atom is -0.493 e. The van der Waals surface area contributed by atoms with Gasteiger partial charge in [0.25, 0.3) is 5.91 Å². The summed E-state index contributed by atoms with van der Waals surface area (Å²) in [5.74, 6) is 0.788. The lowest BCUT2D eigenvalue weighted by molar-refractivity contribution is 0.102. The van der Waals surface area contributed by atoms with Crippen LogP contribution in [0.3, 0.4) is 0 Å². The van der Waals surface area contributed by atoms with E-state index in [2.05, 4.69) is 15.5 Å². The number of thiophene rings is 1. The van der Waals surface area contributed by atoms with Crippen molar-refractivity contribution in [1.82, 2.24) is 10.2 Å². The molecule has 0 unspecified atom stereocenters. The molecule has 0 spiro atoms. The predicted octanol–water partition coefficient (Wildman–Crippen LogP) is 3.54. The van der Waals surface area contributed by atoms with Gasteiger partial charge in [0, 0.05) is 5.56 Å². The first-order valence-corrected chi connectivity index (χ1v) is 8.31. The Morgan fingerprint density at radius 3 is 2.65 bits per heavy atom. The fraction of sp³-hybridized carbons (Fsp3) is 0.133. The average Bonchev–Trinajstić information content (AvgIpc) is 3.25. The summed E-state index contributed by atoms with van der Waals surface area (Å²) >= 11 is 2.91. The zero-order valence-corrected chi connectivity index (χ0v) is 14.0. The van der Waals surface area contributed by atoms with Gasteiger partial charge in [-0.05, 0) is 29.6 Å². The Labute approximate surface area is 140 Å². The van der Waals surface area contributed by atoms with Gasteiger partial charge in [-0.1, -0.05) is 17.4 Å². The van der Waals surface area contributed by atoms with Crippen LogP contribution in [0.25, 0.3) is 9.88 Å². The zero-order chi connectivity index (χ0) is 16.2. The minimum atomic E-state index is -0.278. The topological polar surface area (TPSA) is 73.3 Å². The molecule has 8 heteroatoms. The largest absolute Gasteiger partial charge is 0.493 e. The van der Waals surface area contributed by atoms with Gasteiger partial charge >= 0.3 is 0 Å². The fourth-order valence-electron chi connectivity index (χ4n) is 1.92. The molecule has 0 atom stereocenters. The van der Waals surface area contributed by atoms with E-state index >= 15 is 0 Å². The molecular weight excluding hydrogens is 334 g/mol. The molecular formula is C15H13N3O3S2. The third kappa shape index (κ3) is 3.33. The van der Waals surface area contributed by atoms with Gasteiger partial charge in [0.15, 0.2) is 16.5 Å². The van der Waals surface area contributed by atoms with Gasteiger partial charge in [-0.2, -0.15) is 0 Å². The van der Waals surface area contributed by atoms with E-state index in [1.165, 1.54) is 18.4 Å². The van der Waals surface area contributed by atoms with Crippen molar-refractivity contribution in [3.63, 3.8) is 0 Å². The van der Waals surface area contributed by atoms with Crippen LogP contribution >= 0.6 is 22.7 Å². The van der Waals surface area contributed by atoms with E-state index in [1.54, 1.807) is 36.6 Å². The fourth-order valence-corrected chi connectivity index (χ4v) is 3.45. The zero-order valence-electron chi connectivity index (χ0n) is 12.4. The molecule has 1 N–H and O–H groups in total. The van der Waals surface area contributed by atoms with Gasteiger partial charge in [0.05, 0.1) is 19.1 Å². The number of methoxy groups -OCH3 is 2. The second-order valence-corrected chi connectivity index (χ2v) is 6.34. The summed E-state index contributed by atoms with van der Waals surface area (Å²) in [7, 11) is 3.07. The summed E-state index contributed by atoms with van der Waals surface area (Å²) in [6, 6.07) is 8.88. The van der Waals surface area contributed by atoms with Crippen LogP contribution in [0.1, 0.15) is 10.4 Å². The Balaban J connectivity index is 1.77. The molecule has 0 saturated heterocycles. The number of carbonyl (C=O) groups excluding carboxylic acids is 1. The molecule has 2 heterocycles. The summed E-state index contributed by atoms with van der Waals surface area (Å²) in [6.45, 7) is 0. The molecule has 3 rings (SSSR count). The lowest BCUT2D eigenvalue weighted by Gasteiger charge is -2.08. The van der Waals surface area contributed by atoms with Gasteiger partial charge in [0.1, 0.15) is 0 Å². The van der Waals surface area contributed by atoms with E-state index in [0.29, 0.717) is 22.2 Å². The molecule has 1 amide bonds. The Kier molecular flexibility index (Phi) is 4.54. The van der Waals surface area contributed by atoms with Crippen LogP contribution in [0.2, 0.25) is 0 Å². The first-order valence-electron chi connectivity index (χ1n) is 6.62. The van der Waals surface area contributed by atoms with E-state index in [0.717, 1.165) is 9.88 Å². The summed E-state index contributed by atoms with van der Waals surface area (Å²) in [4.78, 5) is 13.3. The first-order chi connectivity index (χ1) is 11.2. The Morgan fingerprint density at radius 2 is 1.96 bits per heavy atom. The quantitative estimate of drug-likeness (QED) is 0.764. The molecule has 6 nitrogen and oxygen atoms in total. The SMILES string of the molecule is COc1ccc(C(=O)Nc2nnc(-c3cccs3)s2)cc1OC. The van der Waals surface area contributed by atoms with Crippen molar-refractivity contribution < 1.29 is 14.3 Å². The highest BCUT2D eigenvalue weighted by Crippen LogP contribution is 2.31. The molecule has 0 aliphatic rings. The molecule has 0 saturated carbocycles. The standard InChI is InChI=1S/C15H13N3O3S2/c1-20-10-6-5-9(8-11(10)21-2)13(19)16-15-18-17-14(23-15)12-4-3-7-22-12/h3-8H,1-2H3,(H,16,18,19). The molecule has 2 aromatic heterocycles. The van der Waals surface area contributed by atoms with Gasteiger partial charge in [-0.25, -0.2) is 0 Å². The first kappa shape index (κ1) is 15.4. The summed E-state index contributed by atoms with van der Waals surface area (Å²) in [6.07, 6.45) is 0. The van der Waals surface area contributed by atoms with Crippen LogP contribution in [0.4, 0.5) is 5.13 Å². The predicted molar refractivity (Wildman–Crippen MR) is 90.7 cm³/mol. The second kappa shape index (κ2) is 6.76. The molecule has 0 bridgehead atoms. The van der Waals surface area contributed by atoms with Crippen molar-refractivity contribution in [1.29, 1.82) is 0 Å². The summed E-state index contributed by atoms with van der Waals surface area (Å²) < 4.78 is 10.4. The second-order valence-electron chi connectivity index (χ2n) is 4.41. The van der Waals surface area contributed by atoms with Crippen LogP contribution in [0.5, 0.6) is 11.5 Å². The maximum atomic E-state index is 12.3. The van der Waals surface area contributed by atoms with E-state index in [4.69, 9.17) is 9.47 Å². The van der Waals surface area contributed by atoms with E-state index in [-0.39, 0.29) is 5.91 Å². The van der Waals surface area contributed by atoms with Gasteiger partial charge in [-0.15, -0.1) is 21.5 Å². The van der Waals surface area contributed by atoms with Gasteiger partial charge < -0.3 is 9.47 Å². The molecule has 0 aliphatic heterocycles. The maximum Gasteiger partial charge on any atom is 0.257 e. The van der Waals surface area contributed by atoms with Crippen LogP contribution < -0.4 is 14.8 Å². The number of amides is 1. The van der Waals surface area contributed by atoms with Crippen molar-refractivity contribution in [2.24, 2.45) is 0 Å². The molecule has 0 fully saturated rings. The molecule has 1 aromatic carbocycles. The minimum absolute atomic E-state index is 0.278. The maximum absolute atomic E-state index is 12.3. The van der Waals surface area contributed by atoms with Gasteiger partial charge in [0.2, 0.25) is 5.13 Å². The van der Waals surface area contributed by atoms with Crippen molar-refractivity contribution >= 4 is 33.7 Å². The molecule has 0 radical (unpaired) electrons. The van der Waals surface area contributed by atoms with Crippen LogP contribution in [0.15, 0.2) is 35.7 Å². The average molecular weight is 347 g/mol. The van der Waals surface area contributed by atoms with E-state index in [1.807, 2.05) is 17.5 Å². The number of carbonyl (C=O) groups is 1. The highest BCUT2D eigenvalue weighted by Gasteiger charge is 2.14. The van der Waals surface area contributed by atoms with Crippen LogP contribution in [-0.2, 0) is 0 Å². The number of anilines is 1. The van der Waals surface area contributed by atoms with Crippen molar-refractivity contribution in [2.75, 3.05) is 19.5 Å².